The van der Waals surface area contributed by atoms with Gasteiger partial charge in [-0.2, -0.15) is 0 Å². The zero-order chi connectivity index (χ0) is 19.1. The van der Waals surface area contributed by atoms with Gasteiger partial charge in [-0.15, -0.1) is 0 Å². The fourth-order valence-electron chi connectivity index (χ4n) is 2.24. The maximum atomic E-state index is 11.4. The molecule has 140 valence electrons. The summed E-state index contributed by atoms with van der Waals surface area (Å²) in [6.45, 7) is 3.72. The Morgan fingerprint density at radius 3 is 2.31 bits per heavy atom. The molecule has 8 heteroatoms. The molecule has 26 heavy (non-hydrogen) atoms. The number of carbonyl (C=O) groups is 3. The summed E-state index contributed by atoms with van der Waals surface area (Å²) in [6.07, 6.45) is -0.0433. The minimum Gasteiger partial charge on any atom is -0.463 e. The van der Waals surface area contributed by atoms with Gasteiger partial charge in [0.25, 0.3) is 0 Å². The van der Waals surface area contributed by atoms with Crippen LogP contribution in [0.4, 0.5) is 0 Å². The summed E-state index contributed by atoms with van der Waals surface area (Å²) in [7, 11) is 0. The van der Waals surface area contributed by atoms with Crippen molar-refractivity contribution in [1.82, 2.24) is 0 Å². The molecule has 0 bridgehead atoms. The van der Waals surface area contributed by atoms with Crippen LogP contribution in [0.2, 0.25) is 0 Å². The average molecular weight is 380 g/mol. The normalized spacial score (nSPS) is 22.1. The lowest BCUT2D eigenvalue weighted by Crippen LogP contribution is -2.43. The molecule has 1 aliphatic rings. The topological polar surface area (TPSA) is 88.1 Å². The van der Waals surface area contributed by atoms with Gasteiger partial charge in [0, 0.05) is 31.7 Å². The van der Waals surface area contributed by atoms with E-state index >= 15 is 0 Å². The number of esters is 3. The quantitative estimate of drug-likeness (QED) is 0.549. The maximum absolute atomic E-state index is 11.4. The van der Waals surface area contributed by atoms with Crippen molar-refractivity contribution in [3.05, 3.63) is 42.2 Å². The van der Waals surface area contributed by atoms with Crippen LogP contribution in [0.1, 0.15) is 20.8 Å². The third kappa shape index (κ3) is 6.20. The Kier molecular flexibility index (Phi) is 7.23. The zero-order valence-electron chi connectivity index (χ0n) is 14.7. The second kappa shape index (κ2) is 9.40. The highest BCUT2D eigenvalue weighted by Gasteiger charge is 2.37. The highest BCUT2D eigenvalue weighted by atomic mass is 32.2. The minimum absolute atomic E-state index is 0.0943. The number of thioether (sulfide) groups is 1. The molecule has 0 unspecified atom stereocenters. The summed E-state index contributed by atoms with van der Waals surface area (Å²) in [5.74, 6) is -1.29. The predicted octanol–water partition coefficient (Wildman–Crippen LogP) is 2.45. The summed E-state index contributed by atoms with van der Waals surface area (Å²) < 4.78 is 21.4. The fourth-order valence-corrected chi connectivity index (χ4v) is 3.25. The first-order chi connectivity index (χ1) is 12.3. The van der Waals surface area contributed by atoms with Gasteiger partial charge in [-0.3, -0.25) is 14.4 Å². The van der Waals surface area contributed by atoms with Gasteiger partial charge in [-0.1, -0.05) is 30.0 Å². The van der Waals surface area contributed by atoms with Crippen molar-refractivity contribution < 1.29 is 33.3 Å². The first-order valence-electron chi connectivity index (χ1n) is 7.93. The molecule has 0 radical (unpaired) electrons. The first-order valence-corrected chi connectivity index (χ1v) is 8.81. The predicted molar refractivity (Wildman–Crippen MR) is 93.0 cm³/mol. The SMILES string of the molecule is CC(=O)OC[C@H]1O[C@H](Sc2ccccc2)C(OC(C)=O)=C[C@@H]1OC(C)=O. The van der Waals surface area contributed by atoms with Crippen molar-refractivity contribution in [2.24, 2.45) is 0 Å². The van der Waals surface area contributed by atoms with E-state index in [2.05, 4.69) is 0 Å². The van der Waals surface area contributed by atoms with E-state index in [0.717, 1.165) is 4.90 Å². The molecular formula is C18H20O7S. The second-order valence-electron chi connectivity index (χ2n) is 5.48. The van der Waals surface area contributed by atoms with Gasteiger partial charge in [0.2, 0.25) is 0 Å². The zero-order valence-corrected chi connectivity index (χ0v) is 15.5. The average Bonchev–Trinajstić information content (AvgIpc) is 2.55. The van der Waals surface area contributed by atoms with Crippen LogP contribution in [0.5, 0.6) is 0 Å². The molecular weight excluding hydrogens is 360 g/mol. The van der Waals surface area contributed by atoms with Crippen molar-refractivity contribution in [2.45, 2.75) is 43.3 Å². The lowest BCUT2D eigenvalue weighted by atomic mass is 10.1. The van der Waals surface area contributed by atoms with E-state index < -0.39 is 35.6 Å². The van der Waals surface area contributed by atoms with Crippen LogP contribution in [-0.4, -0.2) is 42.2 Å². The van der Waals surface area contributed by atoms with Gasteiger partial charge in [-0.05, 0) is 12.1 Å². The monoisotopic (exact) mass is 380 g/mol. The number of benzene rings is 1. The maximum Gasteiger partial charge on any atom is 0.307 e. The largest absolute Gasteiger partial charge is 0.463 e. The van der Waals surface area contributed by atoms with Gasteiger partial charge >= 0.3 is 17.9 Å². The van der Waals surface area contributed by atoms with E-state index in [1.807, 2.05) is 30.3 Å². The van der Waals surface area contributed by atoms with Gasteiger partial charge in [0.15, 0.2) is 11.5 Å². The highest BCUT2D eigenvalue weighted by Crippen LogP contribution is 2.35. The van der Waals surface area contributed by atoms with Gasteiger partial charge in [0.05, 0.1) is 0 Å². The van der Waals surface area contributed by atoms with E-state index in [4.69, 9.17) is 18.9 Å². The number of hydrogen-bond donors (Lipinski definition) is 0. The summed E-state index contributed by atoms with van der Waals surface area (Å²) in [5, 5.41) is 0. The van der Waals surface area contributed by atoms with Crippen molar-refractivity contribution in [3.8, 4) is 0 Å². The summed E-state index contributed by atoms with van der Waals surface area (Å²) in [6, 6.07) is 9.41. The molecule has 1 aromatic rings. The lowest BCUT2D eigenvalue weighted by molar-refractivity contribution is -0.163. The Bertz CT molecular complexity index is 686. The Morgan fingerprint density at radius 2 is 1.73 bits per heavy atom. The number of carbonyl (C=O) groups excluding carboxylic acids is 3. The van der Waals surface area contributed by atoms with Crippen LogP contribution >= 0.6 is 11.8 Å². The number of rotatable bonds is 6. The molecule has 0 spiro atoms. The summed E-state index contributed by atoms with van der Waals surface area (Å²) >= 11 is 1.32. The molecule has 0 aliphatic carbocycles. The molecule has 1 aliphatic heterocycles. The van der Waals surface area contributed by atoms with Crippen molar-refractivity contribution in [1.29, 1.82) is 0 Å². The molecule has 7 nitrogen and oxygen atoms in total. The molecule has 3 atom stereocenters. The third-order valence-corrected chi connectivity index (χ3v) is 4.33. The van der Waals surface area contributed by atoms with E-state index in [1.54, 1.807) is 0 Å². The van der Waals surface area contributed by atoms with Crippen molar-refractivity contribution >= 4 is 29.7 Å². The van der Waals surface area contributed by atoms with Crippen LogP contribution in [-0.2, 0) is 33.3 Å². The van der Waals surface area contributed by atoms with Crippen LogP contribution in [0, 0.1) is 0 Å². The van der Waals surface area contributed by atoms with E-state index in [9.17, 15) is 14.4 Å². The minimum atomic E-state index is -0.839. The Balaban J connectivity index is 2.26. The molecule has 0 saturated heterocycles. The van der Waals surface area contributed by atoms with Gasteiger partial charge < -0.3 is 18.9 Å². The Hall–Kier alpha value is -2.32. The smallest absolute Gasteiger partial charge is 0.307 e. The van der Waals surface area contributed by atoms with Crippen LogP contribution in [0.3, 0.4) is 0 Å². The summed E-state index contributed by atoms with van der Waals surface area (Å²) in [4.78, 5) is 34.8. The second-order valence-corrected chi connectivity index (χ2v) is 6.61. The Morgan fingerprint density at radius 1 is 1.04 bits per heavy atom. The highest BCUT2D eigenvalue weighted by molar-refractivity contribution is 8.00. The van der Waals surface area contributed by atoms with E-state index in [0.29, 0.717) is 0 Å². The van der Waals surface area contributed by atoms with E-state index in [-0.39, 0.29) is 12.4 Å². The van der Waals surface area contributed by atoms with Gasteiger partial charge in [-0.25, -0.2) is 0 Å². The first kappa shape index (κ1) is 20.0. The molecule has 0 amide bonds. The van der Waals surface area contributed by atoms with Crippen LogP contribution in [0.15, 0.2) is 47.1 Å². The fraction of sp³-hybridized carbons (Fsp3) is 0.389. The molecule has 2 rings (SSSR count). The third-order valence-electron chi connectivity index (χ3n) is 3.23. The molecule has 0 N–H and O–H groups in total. The molecule has 0 fully saturated rings. The van der Waals surface area contributed by atoms with E-state index in [1.165, 1.54) is 38.6 Å². The van der Waals surface area contributed by atoms with Crippen molar-refractivity contribution in [3.63, 3.8) is 0 Å². The molecule has 1 aromatic carbocycles. The number of hydrogen-bond acceptors (Lipinski definition) is 8. The van der Waals surface area contributed by atoms with Gasteiger partial charge in [0.1, 0.15) is 18.5 Å². The number of ether oxygens (including phenoxy) is 4. The van der Waals surface area contributed by atoms with Crippen molar-refractivity contribution in [2.75, 3.05) is 6.61 Å². The van der Waals surface area contributed by atoms with Crippen LogP contribution < -0.4 is 0 Å². The lowest BCUT2D eigenvalue weighted by Gasteiger charge is -2.33. The standard InChI is InChI=1S/C18H20O7S/c1-11(19)22-10-17-15(23-12(2)20)9-16(24-13(3)21)18(25-17)26-14-7-5-4-6-8-14/h4-9,15,17-18H,10H2,1-3H3/t15-,17+,18+/m0/s1. The molecule has 1 heterocycles. The summed E-state index contributed by atoms with van der Waals surface area (Å²) in [5.41, 5.74) is -0.659. The Labute approximate surface area is 155 Å². The molecule has 0 saturated carbocycles. The molecule has 0 aromatic heterocycles. The van der Waals surface area contributed by atoms with Crippen LogP contribution in [0.25, 0.3) is 0 Å².